The first-order valence-corrected chi connectivity index (χ1v) is 11.0. The van der Waals surface area contributed by atoms with Crippen molar-refractivity contribution in [3.63, 3.8) is 0 Å². The number of aryl methyl sites for hydroxylation is 1. The van der Waals surface area contributed by atoms with Gasteiger partial charge in [-0.25, -0.2) is 4.79 Å². The zero-order chi connectivity index (χ0) is 22.1. The average molecular weight is 426 g/mol. The number of amides is 1. The van der Waals surface area contributed by atoms with Gasteiger partial charge in [-0.3, -0.25) is 4.79 Å². The number of carbonyl (C=O) groups is 2. The van der Waals surface area contributed by atoms with Gasteiger partial charge < -0.3 is 19.5 Å². The van der Waals surface area contributed by atoms with Crippen molar-refractivity contribution < 1.29 is 23.8 Å². The molecular weight excluding hydrogens is 394 g/mol. The van der Waals surface area contributed by atoms with E-state index in [-0.39, 0.29) is 18.0 Å². The van der Waals surface area contributed by atoms with E-state index in [1.165, 1.54) is 6.42 Å². The minimum atomic E-state index is -0.297. The van der Waals surface area contributed by atoms with Gasteiger partial charge in [0.15, 0.2) is 11.5 Å². The molecule has 0 bridgehead atoms. The van der Waals surface area contributed by atoms with Crippen molar-refractivity contribution in [2.24, 2.45) is 0 Å². The molecule has 0 atom stereocenters. The Morgan fingerprint density at radius 3 is 2.42 bits per heavy atom. The van der Waals surface area contributed by atoms with Gasteiger partial charge >= 0.3 is 5.97 Å². The first-order valence-electron chi connectivity index (χ1n) is 11.0. The smallest absolute Gasteiger partial charge is 0.338 e. The quantitative estimate of drug-likeness (QED) is 0.562. The summed E-state index contributed by atoms with van der Waals surface area (Å²) in [5, 5.41) is 2.87. The molecule has 31 heavy (non-hydrogen) atoms. The van der Waals surface area contributed by atoms with Crippen molar-refractivity contribution in [2.45, 2.75) is 58.0 Å². The SMILES string of the molecule is CCOc1ccc(CCC(=O)Nc2ccc(C(=O)OC3CCCCC3)cc2)cc1OC. The molecule has 0 spiro atoms. The summed E-state index contributed by atoms with van der Waals surface area (Å²) < 4.78 is 16.5. The summed E-state index contributed by atoms with van der Waals surface area (Å²) >= 11 is 0. The Kier molecular flexibility index (Phi) is 8.33. The van der Waals surface area contributed by atoms with Crippen LogP contribution in [0.5, 0.6) is 11.5 Å². The number of ether oxygens (including phenoxy) is 3. The summed E-state index contributed by atoms with van der Waals surface area (Å²) in [5.74, 6) is 0.968. The van der Waals surface area contributed by atoms with E-state index in [1.807, 2.05) is 25.1 Å². The van der Waals surface area contributed by atoms with E-state index < -0.39 is 0 Å². The molecule has 166 valence electrons. The summed E-state index contributed by atoms with van der Waals surface area (Å²) in [4.78, 5) is 24.6. The third-order valence-electron chi connectivity index (χ3n) is 5.40. The Bertz CT molecular complexity index is 872. The number of nitrogens with one attached hydrogen (secondary N) is 1. The summed E-state index contributed by atoms with van der Waals surface area (Å²) in [6, 6.07) is 12.5. The molecule has 0 aliphatic heterocycles. The van der Waals surface area contributed by atoms with E-state index in [4.69, 9.17) is 14.2 Å². The van der Waals surface area contributed by atoms with Gasteiger partial charge in [0.05, 0.1) is 19.3 Å². The van der Waals surface area contributed by atoms with Crippen LogP contribution in [0.25, 0.3) is 0 Å². The third-order valence-corrected chi connectivity index (χ3v) is 5.40. The van der Waals surface area contributed by atoms with Crippen LogP contribution in [-0.4, -0.2) is 31.7 Å². The van der Waals surface area contributed by atoms with Crippen LogP contribution in [0.2, 0.25) is 0 Å². The number of carbonyl (C=O) groups excluding carboxylic acids is 2. The minimum Gasteiger partial charge on any atom is -0.493 e. The van der Waals surface area contributed by atoms with Gasteiger partial charge in [0.1, 0.15) is 6.10 Å². The van der Waals surface area contributed by atoms with Gasteiger partial charge in [-0.15, -0.1) is 0 Å². The van der Waals surface area contributed by atoms with Gasteiger partial charge in [0, 0.05) is 12.1 Å². The lowest BCUT2D eigenvalue weighted by molar-refractivity contribution is -0.116. The van der Waals surface area contributed by atoms with E-state index in [1.54, 1.807) is 31.4 Å². The first kappa shape index (κ1) is 22.7. The second-order valence-electron chi connectivity index (χ2n) is 7.71. The molecule has 6 nitrogen and oxygen atoms in total. The molecule has 1 aliphatic rings. The van der Waals surface area contributed by atoms with Crippen molar-refractivity contribution in [3.8, 4) is 11.5 Å². The van der Waals surface area contributed by atoms with Gasteiger partial charge in [0.2, 0.25) is 5.91 Å². The number of benzene rings is 2. The van der Waals surface area contributed by atoms with Crippen LogP contribution in [0, 0.1) is 0 Å². The van der Waals surface area contributed by atoms with Crippen LogP contribution in [0.1, 0.15) is 61.4 Å². The summed E-state index contributed by atoms with van der Waals surface area (Å²) in [5.41, 5.74) is 2.16. The highest BCUT2D eigenvalue weighted by molar-refractivity contribution is 5.93. The normalized spacial score (nSPS) is 14.0. The van der Waals surface area contributed by atoms with Crippen LogP contribution < -0.4 is 14.8 Å². The van der Waals surface area contributed by atoms with E-state index in [0.29, 0.717) is 42.2 Å². The highest BCUT2D eigenvalue weighted by Gasteiger charge is 2.18. The van der Waals surface area contributed by atoms with E-state index in [0.717, 1.165) is 31.2 Å². The fourth-order valence-electron chi connectivity index (χ4n) is 3.72. The van der Waals surface area contributed by atoms with Crippen LogP contribution in [0.15, 0.2) is 42.5 Å². The molecule has 1 amide bonds. The Balaban J connectivity index is 1.48. The van der Waals surface area contributed by atoms with Gasteiger partial charge in [-0.2, -0.15) is 0 Å². The maximum absolute atomic E-state index is 12.3. The van der Waals surface area contributed by atoms with Gasteiger partial charge in [-0.05, 0) is 81.0 Å². The molecule has 6 heteroatoms. The second-order valence-corrected chi connectivity index (χ2v) is 7.71. The molecule has 0 saturated heterocycles. The van der Waals surface area contributed by atoms with Gasteiger partial charge in [-0.1, -0.05) is 12.5 Å². The number of anilines is 1. The highest BCUT2D eigenvalue weighted by atomic mass is 16.5. The maximum atomic E-state index is 12.3. The van der Waals surface area contributed by atoms with Crippen LogP contribution in [0.4, 0.5) is 5.69 Å². The number of rotatable bonds is 9. The Morgan fingerprint density at radius 2 is 1.74 bits per heavy atom. The monoisotopic (exact) mass is 425 g/mol. The first-order chi connectivity index (χ1) is 15.1. The van der Waals surface area contributed by atoms with E-state index >= 15 is 0 Å². The number of hydrogen-bond acceptors (Lipinski definition) is 5. The van der Waals surface area contributed by atoms with Gasteiger partial charge in [0.25, 0.3) is 0 Å². The molecule has 1 aliphatic carbocycles. The molecule has 0 aromatic heterocycles. The van der Waals surface area contributed by atoms with E-state index in [2.05, 4.69) is 5.32 Å². The average Bonchev–Trinajstić information content (AvgIpc) is 2.79. The molecule has 1 saturated carbocycles. The molecule has 2 aromatic rings. The molecule has 0 heterocycles. The predicted molar refractivity (Wildman–Crippen MR) is 120 cm³/mol. The zero-order valence-electron chi connectivity index (χ0n) is 18.3. The number of hydrogen-bond donors (Lipinski definition) is 1. The van der Waals surface area contributed by atoms with Crippen LogP contribution >= 0.6 is 0 Å². The fraction of sp³-hybridized carbons (Fsp3) is 0.440. The molecule has 2 aromatic carbocycles. The predicted octanol–water partition coefficient (Wildman–Crippen LogP) is 5.15. The lowest BCUT2D eigenvalue weighted by Crippen LogP contribution is -2.21. The molecule has 0 radical (unpaired) electrons. The van der Waals surface area contributed by atoms with Crippen molar-refractivity contribution in [1.82, 2.24) is 0 Å². The summed E-state index contributed by atoms with van der Waals surface area (Å²) in [7, 11) is 1.60. The standard InChI is InChI=1S/C25H31NO5/c1-3-30-22-15-9-18(17-23(22)29-2)10-16-24(27)26-20-13-11-19(12-14-20)25(28)31-21-7-5-4-6-8-21/h9,11-15,17,21H,3-8,10,16H2,1-2H3,(H,26,27). The summed E-state index contributed by atoms with van der Waals surface area (Å²) in [6.45, 7) is 2.49. The lowest BCUT2D eigenvalue weighted by atomic mass is 9.98. The third kappa shape index (κ3) is 6.74. The van der Waals surface area contributed by atoms with Crippen molar-refractivity contribution in [1.29, 1.82) is 0 Å². The summed E-state index contributed by atoms with van der Waals surface area (Å²) in [6.07, 6.45) is 6.29. The van der Waals surface area contributed by atoms with E-state index in [9.17, 15) is 9.59 Å². The highest BCUT2D eigenvalue weighted by Crippen LogP contribution is 2.28. The van der Waals surface area contributed by atoms with Crippen molar-refractivity contribution in [3.05, 3.63) is 53.6 Å². The molecule has 0 unspecified atom stereocenters. The van der Waals surface area contributed by atoms with Crippen molar-refractivity contribution in [2.75, 3.05) is 19.0 Å². The molecule has 1 N–H and O–H groups in total. The number of esters is 1. The Labute approximate surface area is 183 Å². The fourth-order valence-corrected chi connectivity index (χ4v) is 3.72. The molecule has 1 fully saturated rings. The topological polar surface area (TPSA) is 73.9 Å². The lowest BCUT2D eigenvalue weighted by Gasteiger charge is -2.21. The number of methoxy groups -OCH3 is 1. The van der Waals surface area contributed by atoms with Crippen molar-refractivity contribution >= 4 is 17.6 Å². The largest absolute Gasteiger partial charge is 0.493 e. The van der Waals surface area contributed by atoms with Crippen LogP contribution in [0.3, 0.4) is 0 Å². The maximum Gasteiger partial charge on any atom is 0.338 e. The minimum absolute atomic E-state index is 0.0295. The zero-order valence-corrected chi connectivity index (χ0v) is 18.3. The van der Waals surface area contributed by atoms with Crippen LogP contribution in [-0.2, 0) is 16.0 Å². The Morgan fingerprint density at radius 1 is 1.00 bits per heavy atom. The molecule has 3 rings (SSSR count). The molecular formula is C25H31NO5. The Hall–Kier alpha value is -3.02. The second kappa shape index (κ2) is 11.4.